The molecule has 7 nitrogen and oxygen atoms in total. The lowest BCUT2D eigenvalue weighted by Gasteiger charge is -2.13. The third kappa shape index (κ3) is 6.77. The number of hydrogen-bond acceptors (Lipinski definition) is 6. The second kappa shape index (κ2) is 11.4. The molecule has 0 aliphatic rings. The van der Waals surface area contributed by atoms with Crippen molar-refractivity contribution < 1.29 is 0 Å². The molecule has 156 valence electrons. The van der Waals surface area contributed by atoms with E-state index in [1.165, 1.54) is 9.88 Å². The monoisotopic (exact) mass is 423 g/mol. The highest BCUT2D eigenvalue weighted by Gasteiger charge is 2.12. The number of aromatic nitrogens is 4. The topological polar surface area (TPSA) is 80.0 Å². The van der Waals surface area contributed by atoms with Gasteiger partial charge in [-0.25, -0.2) is 4.98 Å². The maximum absolute atomic E-state index is 4.58. The Kier molecular flexibility index (Phi) is 9.24. The van der Waals surface area contributed by atoms with E-state index in [-0.39, 0.29) is 0 Å². The number of rotatable bonds is 10. The molecule has 0 unspecified atom stereocenters. The van der Waals surface area contributed by atoms with Crippen molar-refractivity contribution in [2.24, 2.45) is 10.9 Å². The molecule has 0 spiro atoms. The summed E-state index contributed by atoms with van der Waals surface area (Å²) in [6.07, 6.45) is 4.85. The van der Waals surface area contributed by atoms with Crippen molar-refractivity contribution in [3.05, 3.63) is 21.4 Å². The molecule has 0 radical (unpaired) electrons. The van der Waals surface area contributed by atoms with Crippen LogP contribution in [-0.4, -0.2) is 52.1 Å². The molecule has 28 heavy (non-hydrogen) atoms. The van der Waals surface area contributed by atoms with Gasteiger partial charge in [0.2, 0.25) is 0 Å². The lowest BCUT2D eigenvalue weighted by Crippen LogP contribution is -2.38. The molecule has 2 N–H and O–H groups in total. The molecule has 0 bridgehead atoms. The fraction of sp³-hybridized carbons (Fsp3) is 0.684. The first-order chi connectivity index (χ1) is 13.4. The number of hydrogen-bond donors (Lipinski definition) is 2. The third-order valence-corrected chi connectivity index (χ3v) is 6.12. The number of nitrogens with one attached hydrogen (secondary N) is 2. The standard InChI is InChI=1S/C19H33N7S2/c1-13(2)12-26-16(24-25-19(26)27-6)8-7-10-21-18(20-5)22-11-9-17-23-14(3)15(4)28-17/h13H,7-12H2,1-6H3,(H2,20,21,22). The minimum Gasteiger partial charge on any atom is -0.356 e. The Morgan fingerprint density at radius 2 is 1.93 bits per heavy atom. The van der Waals surface area contributed by atoms with Gasteiger partial charge >= 0.3 is 0 Å². The van der Waals surface area contributed by atoms with E-state index in [2.05, 4.69) is 69.3 Å². The number of aryl methyl sites for hydroxylation is 3. The van der Waals surface area contributed by atoms with Gasteiger partial charge in [-0.05, 0) is 32.4 Å². The summed E-state index contributed by atoms with van der Waals surface area (Å²) >= 11 is 3.43. The van der Waals surface area contributed by atoms with Crippen LogP contribution in [0, 0.1) is 19.8 Å². The van der Waals surface area contributed by atoms with Crippen LogP contribution in [0.3, 0.4) is 0 Å². The zero-order valence-corrected chi connectivity index (χ0v) is 19.5. The first-order valence-corrected chi connectivity index (χ1v) is 11.8. The van der Waals surface area contributed by atoms with E-state index in [9.17, 15) is 0 Å². The van der Waals surface area contributed by atoms with Crippen LogP contribution in [0.4, 0.5) is 0 Å². The van der Waals surface area contributed by atoms with Crippen molar-refractivity contribution in [3.63, 3.8) is 0 Å². The van der Waals surface area contributed by atoms with Crippen molar-refractivity contribution >= 4 is 29.1 Å². The zero-order chi connectivity index (χ0) is 20.5. The average Bonchev–Trinajstić information content (AvgIpc) is 3.19. The Hall–Kier alpha value is -1.61. The van der Waals surface area contributed by atoms with E-state index in [0.29, 0.717) is 5.92 Å². The van der Waals surface area contributed by atoms with Crippen molar-refractivity contribution in [1.29, 1.82) is 0 Å². The van der Waals surface area contributed by atoms with E-state index in [0.717, 1.165) is 61.5 Å². The van der Waals surface area contributed by atoms with Gasteiger partial charge in [-0.15, -0.1) is 21.5 Å². The quantitative estimate of drug-likeness (QED) is 0.265. The molecule has 0 aromatic carbocycles. The van der Waals surface area contributed by atoms with E-state index in [1.54, 1.807) is 30.1 Å². The number of aliphatic imine (C=N–C) groups is 1. The Balaban J connectivity index is 1.73. The minimum atomic E-state index is 0.576. The lowest BCUT2D eigenvalue weighted by atomic mass is 10.2. The molecule has 2 heterocycles. The first-order valence-electron chi connectivity index (χ1n) is 9.78. The van der Waals surface area contributed by atoms with Gasteiger partial charge in [-0.1, -0.05) is 25.6 Å². The second-order valence-electron chi connectivity index (χ2n) is 7.14. The van der Waals surface area contributed by atoms with E-state index in [4.69, 9.17) is 0 Å². The van der Waals surface area contributed by atoms with Crippen LogP contribution >= 0.6 is 23.1 Å². The molecule has 0 aliphatic heterocycles. The molecule has 0 saturated carbocycles. The highest BCUT2D eigenvalue weighted by atomic mass is 32.2. The second-order valence-corrected chi connectivity index (χ2v) is 9.20. The van der Waals surface area contributed by atoms with Crippen LogP contribution in [0.15, 0.2) is 10.1 Å². The van der Waals surface area contributed by atoms with E-state index >= 15 is 0 Å². The van der Waals surface area contributed by atoms with E-state index < -0.39 is 0 Å². The largest absolute Gasteiger partial charge is 0.356 e. The highest BCUT2D eigenvalue weighted by Crippen LogP contribution is 2.17. The molecule has 2 rings (SSSR count). The van der Waals surface area contributed by atoms with Crippen LogP contribution in [0.1, 0.15) is 41.7 Å². The van der Waals surface area contributed by atoms with Gasteiger partial charge in [0.1, 0.15) is 5.82 Å². The summed E-state index contributed by atoms with van der Waals surface area (Å²) in [4.78, 5) is 10.2. The maximum atomic E-state index is 4.58. The normalized spacial score (nSPS) is 12.0. The van der Waals surface area contributed by atoms with Gasteiger partial charge in [-0.3, -0.25) is 4.99 Å². The van der Waals surface area contributed by atoms with Gasteiger partial charge in [0.25, 0.3) is 0 Å². The van der Waals surface area contributed by atoms with Gasteiger partial charge in [-0.2, -0.15) is 0 Å². The number of thioether (sulfide) groups is 1. The van der Waals surface area contributed by atoms with Crippen molar-refractivity contribution in [2.45, 2.75) is 58.7 Å². The smallest absolute Gasteiger partial charge is 0.190 e. The van der Waals surface area contributed by atoms with Crippen LogP contribution < -0.4 is 10.6 Å². The molecule has 2 aromatic heterocycles. The van der Waals surface area contributed by atoms with Crippen LogP contribution in [0.5, 0.6) is 0 Å². The number of nitrogens with zero attached hydrogens (tertiary/aromatic N) is 5. The Morgan fingerprint density at radius 3 is 2.54 bits per heavy atom. The van der Waals surface area contributed by atoms with Gasteiger partial charge in [0, 0.05) is 44.4 Å². The van der Waals surface area contributed by atoms with Gasteiger partial charge in [0.05, 0.1) is 10.7 Å². The predicted octanol–water partition coefficient (Wildman–Crippen LogP) is 3.07. The van der Waals surface area contributed by atoms with Crippen molar-refractivity contribution in [3.8, 4) is 0 Å². The third-order valence-electron chi connectivity index (χ3n) is 4.32. The van der Waals surface area contributed by atoms with Crippen LogP contribution in [0.2, 0.25) is 0 Å². The molecular weight excluding hydrogens is 390 g/mol. The molecule has 0 amide bonds. The van der Waals surface area contributed by atoms with Gasteiger partial charge < -0.3 is 15.2 Å². The summed E-state index contributed by atoms with van der Waals surface area (Å²) in [5, 5.41) is 17.6. The first kappa shape index (κ1) is 22.7. The molecule has 0 aliphatic carbocycles. The zero-order valence-electron chi connectivity index (χ0n) is 17.9. The predicted molar refractivity (Wildman–Crippen MR) is 120 cm³/mol. The summed E-state index contributed by atoms with van der Waals surface area (Å²) in [6, 6.07) is 0. The highest BCUT2D eigenvalue weighted by molar-refractivity contribution is 7.98. The molecule has 9 heteroatoms. The maximum Gasteiger partial charge on any atom is 0.190 e. The molecule has 0 fully saturated rings. The fourth-order valence-electron chi connectivity index (χ4n) is 2.81. The molecule has 0 saturated heterocycles. The summed E-state index contributed by atoms with van der Waals surface area (Å²) in [7, 11) is 1.80. The molecule has 0 atom stereocenters. The summed E-state index contributed by atoms with van der Waals surface area (Å²) < 4.78 is 2.25. The molecule has 2 aromatic rings. The summed E-state index contributed by atoms with van der Waals surface area (Å²) in [5.41, 5.74) is 1.14. The average molecular weight is 424 g/mol. The SMILES string of the molecule is CN=C(NCCCc1nnc(SC)n1CC(C)C)NCCc1nc(C)c(C)s1. The van der Waals surface area contributed by atoms with Crippen LogP contribution in [-0.2, 0) is 19.4 Å². The Morgan fingerprint density at radius 1 is 1.18 bits per heavy atom. The summed E-state index contributed by atoms with van der Waals surface area (Å²) in [6.45, 7) is 11.3. The minimum absolute atomic E-state index is 0.576. The van der Waals surface area contributed by atoms with Crippen LogP contribution in [0.25, 0.3) is 0 Å². The van der Waals surface area contributed by atoms with E-state index in [1.807, 2.05) is 0 Å². The molecular formula is C19H33N7S2. The number of guanidine groups is 1. The number of thiazole rings is 1. The van der Waals surface area contributed by atoms with Crippen molar-refractivity contribution in [1.82, 2.24) is 30.4 Å². The summed E-state index contributed by atoms with van der Waals surface area (Å²) in [5.74, 6) is 2.47. The van der Waals surface area contributed by atoms with Gasteiger partial charge in [0.15, 0.2) is 11.1 Å². The Bertz CT molecular complexity index is 745. The Labute approximate surface area is 176 Å². The fourth-order valence-corrected chi connectivity index (χ4v) is 4.27. The lowest BCUT2D eigenvalue weighted by molar-refractivity contribution is 0.477. The van der Waals surface area contributed by atoms with Crippen molar-refractivity contribution in [2.75, 3.05) is 26.4 Å².